The average molecular weight is 452 g/mol. The minimum Gasteiger partial charge on any atom is -0.469 e. The molecule has 0 aromatic heterocycles. The molecule has 0 fully saturated rings. The van der Waals surface area contributed by atoms with Crippen LogP contribution in [0.1, 0.15) is 0 Å². The van der Waals surface area contributed by atoms with Crippen LogP contribution in [0.3, 0.4) is 0 Å². The van der Waals surface area contributed by atoms with Crippen molar-refractivity contribution in [3.05, 3.63) is 65.3 Å². The standard InChI is InChI=1S/C21H10F6N2O3/c22-20(23,24)19(21(25,26)27)32-15-7-3-6-14-18(15)29-12-9-16-11(8-17(12)31-14)28-10-4-1-2-5-13(10)30-16/h1-9,19H. The number of benzene rings is 3. The van der Waals surface area contributed by atoms with Crippen molar-refractivity contribution in [2.45, 2.75) is 18.5 Å². The van der Waals surface area contributed by atoms with Gasteiger partial charge >= 0.3 is 12.4 Å². The molecule has 2 heterocycles. The van der Waals surface area contributed by atoms with Gasteiger partial charge in [-0.1, -0.05) is 18.2 Å². The van der Waals surface area contributed by atoms with Crippen LogP contribution in [0.25, 0.3) is 0 Å². The molecule has 0 N–H and O–H groups in total. The fourth-order valence-corrected chi connectivity index (χ4v) is 3.24. The Labute approximate surface area is 175 Å². The number of alkyl halides is 6. The van der Waals surface area contributed by atoms with E-state index in [1.165, 1.54) is 24.3 Å². The Bertz CT molecular complexity index is 1340. The van der Waals surface area contributed by atoms with E-state index in [2.05, 4.69) is 14.7 Å². The van der Waals surface area contributed by atoms with Gasteiger partial charge in [0.25, 0.3) is 6.10 Å². The Kier molecular flexibility index (Phi) is 4.33. The second kappa shape index (κ2) is 6.87. The molecule has 0 radical (unpaired) electrons. The molecule has 0 atom stereocenters. The van der Waals surface area contributed by atoms with Crippen molar-refractivity contribution in [2.75, 3.05) is 0 Å². The predicted octanol–water partition coefficient (Wildman–Crippen LogP) is 5.67. The lowest BCUT2D eigenvalue weighted by molar-refractivity contribution is -0.299. The molecule has 0 unspecified atom stereocenters. The number of nitrogens with zero attached hydrogens (tertiary/aromatic N) is 2. The average Bonchev–Trinajstić information content (AvgIpc) is 2.71. The molecule has 5 nitrogen and oxygen atoms in total. The SMILES string of the molecule is FC(F)(F)C(Oc1cccc2c1N=c1cc3c(cc1O2)=Nc1ccccc1O3)C(F)(F)F. The Morgan fingerprint density at radius 3 is 1.97 bits per heavy atom. The number of rotatable bonds is 2. The fourth-order valence-electron chi connectivity index (χ4n) is 3.24. The van der Waals surface area contributed by atoms with Gasteiger partial charge in [0.05, 0.1) is 0 Å². The van der Waals surface area contributed by atoms with Crippen molar-refractivity contribution in [1.82, 2.24) is 0 Å². The minimum absolute atomic E-state index is 0.0600. The summed E-state index contributed by atoms with van der Waals surface area (Å²) in [7, 11) is 0. The quantitative estimate of drug-likeness (QED) is 0.324. The van der Waals surface area contributed by atoms with Crippen molar-refractivity contribution in [2.24, 2.45) is 9.98 Å². The molecule has 164 valence electrons. The maximum atomic E-state index is 12.9. The molecule has 0 aliphatic carbocycles. The zero-order valence-corrected chi connectivity index (χ0v) is 15.7. The molecule has 3 aromatic rings. The number of ether oxygens (including phenoxy) is 3. The molecule has 2 aliphatic rings. The van der Waals surface area contributed by atoms with Crippen molar-refractivity contribution >= 4 is 11.4 Å². The first kappa shape index (κ1) is 20.2. The number of para-hydroxylation sites is 3. The molecule has 11 heteroatoms. The molecular formula is C21H10F6N2O3. The Balaban J connectivity index is 1.60. The molecule has 32 heavy (non-hydrogen) atoms. The summed E-state index contributed by atoms with van der Waals surface area (Å²) in [5.41, 5.74) is 0.292. The lowest BCUT2D eigenvalue weighted by atomic mass is 10.2. The lowest BCUT2D eigenvalue weighted by Crippen LogP contribution is -2.46. The van der Waals surface area contributed by atoms with Gasteiger partial charge in [-0.3, -0.25) is 0 Å². The van der Waals surface area contributed by atoms with Gasteiger partial charge in [-0.05, 0) is 24.3 Å². The van der Waals surface area contributed by atoms with E-state index in [-0.39, 0.29) is 22.5 Å². The van der Waals surface area contributed by atoms with Crippen LogP contribution in [0.2, 0.25) is 0 Å². The van der Waals surface area contributed by atoms with Gasteiger partial charge in [-0.25, -0.2) is 9.98 Å². The Hall–Kier alpha value is -3.76. The molecule has 5 rings (SSSR count). The van der Waals surface area contributed by atoms with Gasteiger partial charge in [0.2, 0.25) is 0 Å². The highest BCUT2D eigenvalue weighted by Gasteiger charge is 2.59. The van der Waals surface area contributed by atoms with Crippen LogP contribution >= 0.6 is 0 Å². The van der Waals surface area contributed by atoms with Gasteiger partial charge in [-0.2, -0.15) is 26.3 Å². The minimum atomic E-state index is -5.67. The van der Waals surface area contributed by atoms with Crippen LogP contribution in [0.5, 0.6) is 28.7 Å². The fraction of sp³-hybridized carbons (Fsp3) is 0.143. The number of halogens is 6. The summed E-state index contributed by atoms with van der Waals surface area (Å²) in [6.45, 7) is 0. The van der Waals surface area contributed by atoms with Crippen LogP contribution in [0.4, 0.5) is 37.7 Å². The third kappa shape index (κ3) is 3.49. The second-order valence-electron chi connectivity index (χ2n) is 6.87. The molecule has 0 amide bonds. The molecule has 0 saturated heterocycles. The highest BCUT2D eigenvalue weighted by Crippen LogP contribution is 2.45. The molecule has 0 spiro atoms. The van der Waals surface area contributed by atoms with Gasteiger partial charge in [-0.15, -0.1) is 0 Å². The molecular weight excluding hydrogens is 442 g/mol. The number of hydrogen-bond acceptors (Lipinski definition) is 5. The summed E-state index contributed by atoms with van der Waals surface area (Å²) < 4.78 is 93.5. The third-order valence-corrected chi connectivity index (χ3v) is 4.62. The zero-order chi connectivity index (χ0) is 22.7. The van der Waals surface area contributed by atoms with Crippen LogP contribution in [0.15, 0.2) is 64.6 Å². The summed E-state index contributed by atoms with van der Waals surface area (Å²) in [5, 5.41) is 0.570. The van der Waals surface area contributed by atoms with E-state index in [0.29, 0.717) is 22.5 Å². The van der Waals surface area contributed by atoms with Crippen LogP contribution in [-0.2, 0) is 0 Å². The highest BCUT2D eigenvalue weighted by molar-refractivity contribution is 5.65. The first-order valence-electron chi connectivity index (χ1n) is 9.09. The van der Waals surface area contributed by atoms with E-state index in [1.807, 2.05) is 0 Å². The van der Waals surface area contributed by atoms with E-state index in [9.17, 15) is 26.3 Å². The van der Waals surface area contributed by atoms with Crippen LogP contribution < -0.4 is 24.9 Å². The largest absolute Gasteiger partial charge is 0.469 e. The second-order valence-corrected chi connectivity index (χ2v) is 6.87. The first-order chi connectivity index (χ1) is 15.1. The number of hydrogen-bond donors (Lipinski definition) is 0. The maximum Gasteiger partial charge on any atom is 0.434 e. The van der Waals surface area contributed by atoms with E-state index in [1.54, 1.807) is 24.3 Å². The van der Waals surface area contributed by atoms with E-state index < -0.39 is 24.2 Å². The monoisotopic (exact) mass is 452 g/mol. The summed E-state index contributed by atoms with van der Waals surface area (Å²) in [6.07, 6.45) is -15.4. The molecule has 0 bridgehead atoms. The predicted molar refractivity (Wildman–Crippen MR) is 97.6 cm³/mol. The summed E-state index contributed by atoms with van der Waals surface area (Å²) in [4.78, 5) is 8.65. The van der Waals surface area contributed by atoms with Gasteiger partial charge in [0, 0.05) is 12.1 Å². The van der Waals surface area contributed by atoms with Crippen LogP contribution in [0, 0.1) is 0 Å². The smallest absolute Gasteiger partial charge is 0.434 e. The van der Waals surface area contributed by atoms with Crippen LogP contribution in [-0.4, -0.2) is 18.5 Å². The van der Waals surface area contributed by atoms with Crippen molar-refractivity contribution < 1.29 is 40.6 Å². The zero-order valence-electron chi connectivity index (χ0n) is 15.7. The van der Waals surface area contributed by atoms with Crippen molar-refractivity contribution in [3.8, 4) is 28.7 Å². The van der Waals surface area contributed by atoms with E-state index >= 15 is 0 Å². The lowest BCUT2D eigenvalue weighted by Gasteiger charge is -2.25. The van der Waals surface area contributed by atoms with E-state index in [4.69, 9.17) is 9.47 Å². The normalized spacial score (nSPS) is 14.0. The highest BCUT2D eigenvalue weighted by atomic mass is 19.4. The molecule has 0 saturated carbocycles. The molecule has 3 aromatic carbocycles. The van der Waals surface area contributed by atoms with Crippen molar-refractivity contribution in [1.29, 1.82) is 0 Å². The Morgan fingerprint density at radius 2 is 1.28 bits per heavy atom. The van der Waals surface area contributed by atoms with Gasteiger partial charge in [0.15, 0.2) is 23.0 Å². The first-order valence-corrected chi connectivity index (χ1v) is 9.09. The maximum absolute atomic E-state index is 12.9. The summed E-state index contributed by atoms with van der Waals surface area (Å²) in [6, 6.07) is 13.5. The Morgan fingerprint density at radius 1 is 0.688 bits per heavy atom. The third-order valence-electron chi connectivity index (χ3n) is 4.62. The van der Waals surface area contributed by atoms with E-state index in [0.717, 1.165) is 6.07 Å². The summed E-state index contributed by atoms with van der Waals surface area (Å²) >= 11 is 0. The molecule has 2 aliphatic heterocycles. The van der Waals surface area contributed by atoms with Crippen molar-refractivity contribution in [3.63, 3.8) is 0 Å². The topological polar surface area (TPSA) is 52.4 Å². The number of fused-ring (bicyclic) bond motifs is 4. The van der Waals surface area contributed by atoms with Gasteiger partial charge < -0.3 is 14.2 Å². The van der Waals surface area contributed by atoms with Gasteiger partial charge in [0.1, 0.15) is 27.8 Å². The summed E-state index contributed by atoms with van der Waals surface area (Å²) in [5.74, 6) is 0.222.